The number of fused-ring (bicyclic) bond motifs is 2. The fraction of sp³-hybridized carbons (Fsp3) is 0.0833. The molecule has 0 unspecified atom stereocenters. The monoisotopic (exact) mass is 367 g/mol. The average molecular weight is 367 g/mol. The predicted octanol–water partition coefficient (Wildman–Crippen LogP) is 4.86. The first-order chi connectivity index (χ1) is 13.7. The van der Waals surface area contributed by atoms with Gasteiger partial charge in [0.15, 0.2) is 0 Å². The van der Waals surface area contributed by atoms with E-state index in [0.717, 1.165) is 38.4 Å². The zero-order valence-corrected chi connectivity index (χ0v) is 15.6. The molecule has 4 heteroatoms. The van der Waals surface area contributed by atoms with Gasteiger partial charge in [0.05, 0.1) is 12.8 Å². The highest BCUT2D eigenvalue weighted by Gasteiger charge is 2.06. The van der Waals surface area contributed by atoms with Crippen molar-refractivity contribution < 1.29 is 4.79 Å². The van der Waals surface area contributed by atoms with E-state index < -0.39 is 0 Å². The standard InChI is InChI=1S/C24H21N3O/c1-17-8-2-7-13-23(17)25-16-24(28)27-26-15-22-20-11-5-3-9-18(20)14-19-10-4-6-12-21(19)22/h2-15,25H,16H2,1H3,(H,27,28)/b26-15-. The second-order valence-electron chi connectivity index (χ2n) is 6.69. The Morgan fingerprint density at radius 3 is 2.18 bits per heavy atom. The highest BCUT2D eigenvalue weighted by atomic mass is 16.2. The van der Waals surface area contributed by atoms with Gasteiger partial charge in [0.1, 0.15) is 0 Å². The first kappa shape index (κ1) is 17.7. The molecular formula is C24H21N3O. The molecule has 0 radical (unpaired) electrons. The van der Waals surface area contributed by atoms with Crippen molar-refractivity contribution in [1.82, 2.24) is 5.43 Å². The van der Waals surface area contributed by atoms with Crippen LogP contribution in [0, 0.1) is 6.92 Å². The van der Waals surface area contributed by atoms with Crippen LogP contribution in [0.4, 0.5) is 5.69 Å². The summed E-state index contributed by atoms with van der Waals surface area (Å²) >= 11 is 0. The summed E-state index contributed by atoms with van der Waals surface area (Å²) in [7, 11) is 0. The Kier molecular flexibility index (Phi) is 5.02. The van der Waals surface area contributed by atoms with Crippen molar-refractivity contribution in [2.24, 2.45) is 5.10 Å². The number of nitrogens with one attached hydrogen (secondary N) is 2. The summed E-state index contributed by atoms with van der Waals surface area (Å²) in [5.41, 5.74) is 5.66. The summed E-state index contributed by atoms with van der Waals surface area (Å²) < 4.78 is 0. The normalized spacial score (nSPS) is 11.2. The van der Waals surface area contributed by atoms with Crippen LogP contribution in [0.3, 0.4) is 0 Å². The second kappa shape index (κ2) is 7.92. The highest BCUT2D eigenvalue weighted by molar-refractivity contribution is 6.13. The molecule has 0 saturated carbocycles. The van der Waals surface area contributed by atoms with Crippen LogP contribution in [-0.4, -0.2) is 18.7 Å². The lowest BCUT2D eigenvalue weighted by Gasteiger charge is -2.09. The fourth-order valence-electron chi connectivity index (χ4n) is 3.34. The van der Waals surface area contributed by atoms with Crippen LogP contribution in [0.15, 0.2) is 84.0 Å². The average Bonchev–Trinajstić information content (AvgIpc) is 2.72. The number of amides is 1. The number of nitrogens with zero attached hydrogens (tertiary/aromatic N) is 1. The van der Waals surface area contributed by atoms with E-state index in [1.807, 2.05) is 55.5 Å². The summed E-state index contributed by atoms with van der Waals surface area (Å²) in [6.07, 6.45) is 1.73. The topological polar surface area (TPSA) is 53.5 Å². The van der Waals surface area contributed by atoms with E-state index in [9.17, 15) is 4.79 Å². The van der Waals surface area contributed by atoms with Crippen LogP contribution >= 0.6 is 0 Å². The summed E-state index contributed by atoms with van der Waals surface area (Å²) in [6.45, 7) is 2.17. The van der Waals surface area contributed by atoms with Gasteiger partial charge in [0.2, 0.25) is 0 Å². The Bertz CT molecular complexity index is 1130. The number of carbonyl (C=O) groups excluding carboxylic acids is 1. The van der Waals surface area contributed by atoms with E-state index in [2.05, 4.69) is 46.2 Å². The van der Waals surface area contributed by atoms with Crippen molar-refractivity contribution in [3.8, 4) is 0 Å². The van der Waals surface area contributed by atoms with Gasteiger partial charge >= 0.3 is 0 Å². The quantitative estimate of drug-likeness (QED) is 0.301. The first-order valence-corrected chi connectivity index (χ1v) is 9.24. The maximum atomic E-state index is 12.2. The van der Waals surface area contributed by atoms with Gasteiger partial charge in [-0.25, -0.2) is 5.43 Å². The lowest BCUT2D eigenvalue weighted by molar-refractivity contribution is -0.119. The van der Waals surface area contributed by atoms with Crippen LogP contribution < -0.4 is 10.7 Å². The number of benzene rings is 4. The zero-order chi connectivity index (χ0) is 19.3. The molecule has 4 aromatic rings. The molecule has 0 aliphatic heterocycles. The van der Waals surface area contributed by atoms with Crippen molar-refractivity contribution in [2.45, 2.75) is 6.92 Å². The minimum Gasteiger partial charge on any atom is -0.376 e. The highest BCUT2D eigenvalue weighted by Crippen LogP contribution is 2.27. The molecular weight excluding hydrogens is 346 g/mol. The van der Waals surface area contributed by atoms with Crippen molar-refractivity contribution in [3.05, 3.63) is 90.0 Å². The van der Waals surface area contributed by atoms with E-state index >= 15 is 0 Å². The molecule has 0 atom stereocenters. The number of rotatable bonds is 5. The molecule has 1 amide bonds. The third-order valence-corrected chi connectivity index (χ3v) is 4.78. The molecule has 0 bridgehead atoms. The van der Waals surface area contributed by atoms with Crippen LogP contribution in [-0.2, 0) is 4.79 Å². The number of hydrogen-bond donors (Lipinski definition) is 2. The predicted molar refractivity (Wildman–Crippen MR) is 117 cm³/mol. The molecule has 0 aromatic heterocycles. The lowest BCUT2D eigenvalue weighted by atomic mass is 9.97. The van der Waals surface area contributed by atoms with Crippen molar-refractivity contribution in [1.29, 1.82) is 0 Å². The molecule has 0 heterocycles. The minimum atomic E-state index is -0.191. The summed E-state index contributed by atoms with van der Waals surface area (Å²) in [5.74, 6) is -0.191. The van der Waals surface area contributed by atoms with Gasteiger partial charge in [-0.1, -0.05) is 66.7 Å². The van der Waals surface area contributed by atoms with Gasteiger partial charge in [-0.3, -0.25) is 4.79 Å². The zero-order valence-electron chi connectivity index (χ0n) is 15.6. The van der Waals surface area contributed by atoms with Gasteiger partial charge in [0.25, 0.3) is 5.91 Å². The molecule has 28 heavy (non-hydrogen) atoms. The van der Waals surface area contributed by atoms with Crippen LogP contribution in [0.2, 0.25) is 0 Å². The van der Waals surface area contributed by atoms with Crippen LogP contribution in [0.25, 0.3) is 21.5 Å². The molecule has 4 aromatic carbocycles. The van der Waals surface area contributed by atoms with Crippen LogP contribution in [0.5, 0.6) is 0 Å². The maximum Gasteiger partial charge on any atom is 0.259 e. The molecule has 0 aliphatic carbocycles. The summed E-state index contributed by atoms with van der Waals surface area (Å²) in [5, 5.41) is 11.9. The van der Waals surface area contributed by atoms with Gasteiger partial charge in [-0.2, -0.15) is 5.10 Å². The Hall–Kier alpha value is -3.66. The molecule has 0 aliphatic rings. The fourth-order valence-corrected chi connectivity index (χ4v) is 3.34. The molecule has 138 valence electrons. The largest absolute Gasteiger partial charge is 0.376 e. The Morgan fingerprint density at radius 2 is 1.50 bits per heavy atom. The summed E-state index contributed by atoms with van der Waals surface area (Å²) in [4.78, 5) is 12.2. The number of hydrazone groups is 1. The third kappa shape index (κ3) is 3.71. The number of anilines is 1. The number of aryl methyl sites for hydroxylation is 1. The maximum absolute atomic E-state index is 12.2. The van der Waals surface area contributed by atoms with E-state index in [0.29, 0.717) is 0 Å². The molecule has 2 N–H and O–H groups in total. The first-order valence-electron chi connectivity index (χ1n) is 9.24. The van der Waals surface area contributed by atoms with Gasteiger partial charge in [-0.15, -0.1) is 0 Å². The van der Waals surface area contributed by atoms with E-state index in [4.69, 9.17) is 0 Å². The molecule has 4 rings (SSSR count). The lowest BCUT2D eigenvalue weighted by Crippen LogP contribution is -2.26. The number of carbonyl (C=O) groups is 1. The SMILES string of the molecule is Cc1ccccc1NCC(=O)N/N=C\c1c2ccccc2cc2ccccc12. The van der Waals surface area contributed by atoms with E-state index in [1.165, 1.54) is 0 Å². The molecule has 0 spiro atoms. The van der Waals surface area contributed by atoms with Gasteiger partial charge in [0, 0.05) is 11.3 Å². The van der Waals surface area contributed by atoms with Crippen LogP contribution in [0.1, 0.15) is 11.1 Å². The third-order valence-electron chi connectivity index (χ3n) is 4.78. The molecule has 4 nitrogen and oxygen atoms in total. The Balaban J connectivity index is 1.53. The second-order valence-corrected chi connectivity index (χ2v) is 6.69. The molecule has 0 fully saturated rings. The summed E-state index contributed by atoms with van der Waals surface area (Å²) in [6, 6.07) is 26.4. The van der Waals surface area contributed by atoms with Crippen molar-refractivity contribution in [3.63, 3.8) is 0 Å². The number of para-hydroxylation sites is 1. The van der Waals surface area contributed by atoms with E-state index in [-0.39, 0.29) is 12.5 Å². The Morgan fingerprint density at radius 1 is 0.893 bits per heavy atom. The number of hydrogen-bond acceptors (Lipinski definition) is 3. The van der Waals surface area contributed by atoms with Gasteiger partial charge < -0.3 is 5.32 Å². The van der Waals surface area contributed by atoms with E-state index in [1.54, 1.807) is 6.21 Å². The van der Waals surface area contributed by atoms with Crippen molar-refractivity contribution in [2.75, 3.05) is 11.9 Å². The van der Waals surface area contributed by atoms with Crippen molar-refractivity contribution >= 4 is 39.4 Å². The minimum absolute atomic E-state index is 0.165. The smallest absolute Gasteiger partial charge is 0.259 e. The molecule has 0 saturated heterocycles. The Labute approximate surface area is 163 Å². The van der Waals surface area contributed by atoms with Gasteiger partial charge in [-0.05, 0) is 46.2 Å².